The number of aryl methyl sites for hydroxylation is 1. The zero-order chi connectivity index (χ0) is 26.1. The molecule has 0 atom stereocenters. The van der Waals surface area contributed by atoms with Crippen LogP contribution in [0.2, 0.25) is 0 Å². The third-order valence-electron chi connectivity index (χ3n) is 5.69. The van der Waals surface area contributed by atoms with Gasteiger partial charge in [0.25, 0.3) is 0 Å². The van der Waals surface area contributed by atoms with Crippen molar-refractivity contribution in [1.82, 2.24) is 15.0 Å². The van der Waals surface area contributed by atoms with Crippen LogP contribution in [0, 0.1) is 5.92 Å². The van der Waals surface area contributed by atoms with E-state index in [-0.39, 0.29) is 48.8 Å². The number of pyridine rings is 1. The molecule has 0 spiro atoms. The molecule has 0 aliphatic heterocycles. The fourth-order valence-corrected chi connectivity index (χ4v) is 3.88. The third-order valence-corrected chi connectivity index (χ3v) is 6.85. The van der Waals surface area contributed by atoms with Crippen LogP contribution in [0.1, 0.15) is 23.1 Å². The Morgan fingerprint density at radius 2 is 1.81 bits per heavy atom. The van der Waals surface area contributed by atoms with E-state index < -0.39 is 16.7 Å². The Labute approximate surface area is 210 Å². The van der Waals surface area contributed by atoms with E-state index in [0.717, 1.165) is 28.2 Å². The van der Waals surface area contributed by atoms with Gasteiger partial charge in [0.2, 0.25) is 16.0 Å². The van der Waals surface area contributed by atoms with Gasteiger partial charge in [-0.2, -0.15) is 4.98 Å². The Morgan fingerprint density at radius 1 is 1.08 bits per heavy atom. The van der Waals surface area contributed by atoms with Gasteiger partial charge in [0.1, 0.15) is 18.3 Å². The van der Waals surface area contributed by atoms with Crippen LogP contribution in [0.4, 0.5) is 27.7 Å². The maximum Gasteiger partial charge on any atom is 0.233 e. The number of aromatic nitrogens is 3. The van der Waals surface area contributed by atoms with Crippen LogP contribution in [0.15, 0.2) is 48.8 Å². The highest BCUT2D eigenvalue weighted by Gasteiger charge is 2.17. The first-order valence-electron chi connectivity index (χ1n) is 11.4. The van der Waals surface area contributed by atoms with E-state index in [4.69, 9.17) is 0 Å². The largest absolute Gasteiger partial charge is 0.396 e. The summed E-state index contributed by atoms with van der Waals surface area (Å²) in [4.78, 5) is 12.8. The third kappa shape index (κ3) is 7.33. The lowest BCUT2D eigenvalue weighted by atomic mass is 10.0. The van der Waals surface area contributed by atoms with Crippen molar-refractivity contribution in [3.8, 4) is 0 Å². The number of hydrogen-bond acceptors (Lipinski definition) is 9. The number of alkyl halides is 1. The maximum absolute atomic E-state index is 13.6. The molecule has 2 aromatic heterocycles. The minimum atomic E-state index is -3.50. The molecular formula is C24H31FN6O4S. The van der Waals surface area contributed by atoms with E-state index in [1.54, 1.807) is 12.1 Å². The van der Waals surface area contributed by atoms with E-state index in [1.165, 1.54) is 19.4 Å². The number of hydrogen-bond donors (Lipinski definition) is 4. The van der Waals surface area contributed by atoms with E-state index in [9.17, 15) is 23.0 Å². The van der Waals surface area contributed by atoms with Crippen molar-refractivity contribution in [2.45, 2.75) is 26.1 Å². The van der Waals surface area contributed by atoms with Gasteiger partial charge in [-0.3, -0.25) is 4.31 Å². The number of nitrogens with zero attached hydrogens (tertiary/aromatic N) is 4. The lowest BCUT2D eigenvalue weighted by molar-refractivity contribution is 0.144. The zero-order valence-electron chi connectivity index (χ0n) is 20.2. The highest BCUT2D eigenvalue weighted by atomic mass is 32.2. The number of benzene rings is 1. The topological polar surface area (TPSA) is 141 Å². The van der Waals surface area contributed by atoms with Gasteiger partial charge in [-0.25, -0.2) is 22.8 Å². The molecule has 10 nitrogen and oxygen atoms in total. The second-order valence-corrected chi connectivity index (χ2v) is 10.4. The predicted molar refractivity (Wildman–Crippen MR) is 137 cm³/mol. The molecule has 0 unspecified atom stereocenters. The van der Waals surface area contributed by atoms with Crippen molar-refractivity contribution in [1.29, 1.82) is 0 Å². The van der Waals surface area contributed by atoms with Gasteiger partial charge in [0, 0.05) is 61.9 Å². The van der Waals surface area contributed by atoms with Crippen molar-refractivity contribution in [2.24, 2.45) is 5.92 Å². The molecule has 36 heavy (non-hydrogen) atoms. The standard InChI is InChI=1S/C24H31FN6O4S/c1-31(36(2,34)35)23-19(4-3-11-26-23)13-27-22-20(12-25)14-28-24(30-22)29-21-9-7-17(8-10-21)5-6-18(15-32)16-33/h3-4,7-11,14,18,32-33H,5-6,12-13,15-16H2,1-2H3,(H2,27,28,29,30). The van der Waals surface area contributed by atoms with Gasteiger partial charge < -0.3 is 20.8 Å². The van der Waals surface area contributed by atoms with Crippen molar-refractivity contribution in [3.63, 3.8) is 0 Å². The smallest absolute Gasteiger partial charge is 0.233 e. The predicted octanol–water partition coefficient (Wildman–Crippen LogP) is 2.63. The Balaban J connectivity index is 1.71. The molecule has 0 amide bonds. The Morgan fingerprint density at radius 3 is 2.44 bits per heavy atom. The molecule has 1 aromatic carbocycles. The molecule has 0 aliphatic carbocycles. The highest BCUT2D eigenvalue weighted by molar-refractivity contribution is 7.92. The van der Waals surface area contributed by atoms with Crippen LogP contribution in [0.5, 0.6) is 0 Å². The number of anilines is 4. The quantitative estimate of drug-likeness (QED) is 0.269. The number of aliphatic hydroxyl groups is 2. The molecule has 0 fully saturated rings. The maximum atomic E-state index is 13.6. The van der Waals surface area contributed by atoms with Crippen LogP contribution in [0.3, 0.4) is 0 Å². The fourth-order valence-electron chi connectivity index (χ4n) is 3.40. The van der Waals surface area contributed by atoms with E-state index in [2.05, 4.69) is 25.6 Å². The molecule has 194 valence electrons. The summed E-state index contributed by atoms with van der Waals surface area (Å²) in [5.74, 6) is 0.682. The number of halogens is 1. The molecule has 12 heteroatoms. The van der Waals surface area contributed by atoms with Crippen molar-refractivity contribution in [3.05, 3.63) is 65.5 Å². The van der Waals surface area contributed by atoms with Gasteiger partial charge in [-0.1, -0.05) is 18.2 Å². The van der Waals surface area contributed by atoms with Crippen LogP contribution in [-0.2, 0) is 29.7 Å². The Kier molecular flexibility index (Phi) is 9.51. The first-order valence-corrected chi connectivity index (χ1v) is 13.2. The molecule has 0 saturated carbocycles. The Bertz CT molecular complexity index is 1240. The number of rotatable bonds is 13. The van der Waals surface area contributed by atoms with Crippen molar-refractivity contribution >= 4 is 33.3 Å². The summed E-state index contributed by atoms with van der Waals surface area (Å²) in [6.45, 7) is -0.697. The first-order chi connectivity index (χ1) is 17.2. The average Bonchev–Trinajstić information content (AvgIpc) is 2.88. The summed E-state index contributed by atoms with van der Waals surface area (Å²) in [5.41, 5.74) is 2.67. The summed E-state index contributed by atoms with van der Waals surface area (Å²) < 4.78 is 38.6. The Hall–Kier alpha value is -3.35. The monoisotopic (exact) mass is 518 g/mol. The van der Waals surface area contributed by atoms with Crippen molar-refractivity contribution in [2.75, 3.05) is 41.5 Å². The van der Waals surface area contributed by atoms with Gasteiger partial charge in [-0.15, -0.1) is 0 Å². The van der Waals surface area contributed by atoms with Crippen LogP contribution in [-0.4, -0.2) is 60.1 Å². The second kappa shape index (κ2) is 12.6. The molecule has 3 rings (SSSR count). The molecule has 0 aliphatic rings. The minimum Gasteiger partial charge on any atom is -0.396 e. The zero-order valence-corrected chi connectivity index (χ0v) is 21.0. The van der Waals surface area contributed by atoms with Crippen LogP contribution < -0.4 is 14.9 Å². The lowest BCUT2D eigenvalue weighted by Crippen LogP contribution is -2.27. The average molecular weight is 519 g/mol. The molecule has 3 aromatic rings. The highest BCUT2D eigenvalue weighted by Crippen LogP contribution is 2.23. The molecule has 0 bridgehead atoms. The fraction of sp³-hybridized carbons (Fsp3) is 0.375. The number of nitrogens with one attached hydrogen (secondary N) is 2. The molecule has 0 saturated heterocycles. The van der Waals surface area contributed by atoms with E-state index >= 15 is 0 Å². The van der Waals surface area contributed by atoms with Gasteiger partial charge >= 0.3 is 0 Å². The molecular weight excluding hydrogens is 487 g/mol. The van der Waals surface area contributed by atoms with E-state index in [0.29, 0.717) is 12.0 Å². The number of sulfonamides is 1. The molecule has 2 heterocycles. The molecule has 4 N–H and O–H groups in total. The summed E-state index contributed by atoms with van der Waals surface area (Å²) in [6.07, 6.45) is 5.40. The SMILES string of the molecule is CN(c1ncccc1CNc1nc(Nc2ccc(CCC(CO)CO)cc2)ncc1CF)S(C)(=O)=O. The van der Waals surface area contributed by atoms with Gasteiger partial charge in [0.05, 0.1) is 6.26 Å². The first kappa shape index (κ1) is 27.2. The number of aliphatic hydroxyl groups excluding tert-OH is 2. The van der Waals surface area contributed by atoms with Gasteiger partial charge in [-0.05, 0) is 36.6 Å². The van der Waals surface area contributed by atoms with Gasteiger partial charge in [0.15, 0.2) is 0 Å². The van der Waals surface area contributed by atoms with Crippen molar-refractivity contribution < 1.29 is 23.0 Å². The van der Waals surface area contributed by atoms with E-state index in [1.807, 2.05) is 24.3 Å². The minimum absolute atomic E-state index is 0.0464. The molecule has 0 radical (unpaired) electrons. The van der Waals surface area contributed by atoms with Crippen LogP contribution in [0.25, 0.3) is 0 Å². The normalized spacial score (nSPS) is 11.5. The summed E-state index contributed by atoms with van der Waals surface area (Å²) in [5, 5.41) is 24.6. The second-order valence-electron chi connectivity index (χ2n) is 8.36. The summed E-state index contributed by atoms with van der Waals surface area (Å²) in [6, 6.07) is 11.0. The summed E-state index contributed by atoms with van der Waals surface area (Å²) in [7, 11) is -2.08. The summed E-state index contributed by atoms with van der Waals surface area (Å²) >= 11 is 0. The van der Waals surface area contributed by atoms with Crippen LogP contribution >= 0.6 is 0 Å². The lowest BCUT2D eigenvalue weighted by Gasteiger charge is -2.19.